The summed E-state index contributed by atoms with van der Waals surface area (Å²) < 4.78 is 65.0. The molecule has 2 aliphatic rings. The number of hydrogen-bond donors (Lipinski definition) is 1. The normalized spacial score (nSPS) is 21.9. The Labute approximate surface area is 244 Å². The first kappa shape index (κ1) is 26.9. The number of aryl methyl sites for hydroxylation is 2. The number of aliphatic hydroxyl groups is 1. The average Bonchev–Trinajstić information content (AvgIpc) is 3.64. The van der Waals surface area contributed by atoms with Crippen LogP contribution in [0.2, 0.25) is 0 Å². The number of nitrogens with zero attached hydrogens (tertiary/aromatic N) is 2. The second kappa shape index (κ2) is 9.53. The highest BCUT2D eigenvalue weighted by Crippen LogP contribution is 2.56. The van der Waals surface area contributed by atoms with E-state index in [1.807, 2.05) is 13.8 Å². The van der Waals surface area contributed by atoms with Crippen molar-refractivity contribution >= 4 is 36.6 Å². The number of hydrogen-bond acceptors (Lipinski definition) is 6. The molecule has 0 unspecified atom stereocenters. The van der Waals surface area contributed by atoms with Crippen LogP contribution in [0, 0.1) is 13.8 Å². The van der Waals surface area contributed by atoms with E-state index in [4.69, 9.17) is 4.74 Å². The maximum Gasteiger partial charge on any atom is 0.268 e. The van der Waals surface area contributed by atoms with Crippen molar-refractivity contribution in [2.75, 3.05) is 4.31 Å². The van der Waals surface area contributed by atoms with Gasteiger partial charge in [0.25, 0.3) is 20.0 Å². The number of para-hydroxylation sites is 2. The van der Waals surface area contributed by atoms with Gasteiger partial charge in [-0.2, -0.15) is 0 Å². The third-order valence-electron chi connectivity index (χ3n) is 8.25. The van der Waals surface area contributed by atoms with E-state index in [1.54, 1.807) is 97.1 Å². The second-order valence-electron chi connectivity index (χ2n) is 10.9. The van der Waals surface area contributed by atoms with Crippen LogP contribution in [-0.4, -0.2) is 38.2 Å². The second-order valence-corrected chi connectivity index (χ2v) is 14.5. The summed E-state index contributed by atoms with van der Waals surface area (Å²) in [6.07, 6.45) is -0.772. The summed E-state index contributed by atoms with van der Waals surface area (Å²) in [7, 11) is -8.09. The number of aliphatic hydroxyl groups excluding tert-OH is 1. The minimum atomic E-state index is -4.09. The summed E-state index contributed by atoms with van der Waals surface area (Å²) >= 11 is 0. The van der Waals surface area contributed by atoms with Crippen LogP contribution in [0.5, 0.6) is 0 Å². The molecule has 0 saturated carbocycles. The predicted octanol–water partition coefficient (Wildman–Crippen LogP) is 5.25. The van der Waals surface area contributed by atoms with E-state index in [0.29, 0.717) is 27.7 Å². The third kappa shape index (κ3) is 3.94. The van der Waals surface area contributed by atoms with Crippen molar-refractivity contribution in [1.82, 2.24) is 3.97 Å². The Morgan fingerprint density at radius 1 is 0.690 bits per heavy atom. The van der Waals surface area contributed by atoms with Crippen LogP contribution in [0.25, 0.3) is 10.9 Å². The molecule has 42 heavy (non-hydrogen) atoms. The molecule has 4 aromatic carbocycles. The van der Waals surface area contributed by atoms with Gasteiger partial charge >= 0.3 is 0 Å². The van der Waals surface area contributed by atoms with Crippen LogP contribution < -0.4 is 4.31 Å². The first-order valence-corrected chi connectivity index (χ1v) is 16.4. The van der Waals surface area contributed by atoms with Crippen molar-refractivity contribution < 1.29 is 26.7 Å². The van der Waals surface area contributed by atoms with Crippen molar-refractivity contribution in [2.24, 2.45) is 0 Å². The molecule has 0 radical (unpaired) electrons. The minimum Gasteiger partial charge on any atom is -0.367 e. The molecular formula is C32H28N2O6S2. The van der Waals surface area contributed by atoms with Crippen molar-refractivity contribution in [3.05, 3.63) is 126 Å². The van der Waals surface area contributed by atoms with Gasteiger partial charge in [-0.1, -0.05) is 71.8 Å². The molecule has 1 fully saturated rings. The summed E-state index contributed by atoms with van der Waals surface area (Å²) in [5.41, 5.74) is 3.89. The molecule has 0 aliphatic carbocycles. The fraction of sp³-hybridized carbons (Fsp3) is 0.188. The van der Waals surface area contributed by atoms with Crippen LogP contribution in [0.1, 0.15) is 34.3 Å². The molecule has 10 heteroatoms. The van der Waals surface area contributed by atoms with E-state index in [2.05, 4.69) is 0 Å². The highest BCUT2D eigenvalue weighted by molar-refractivity contribution is 7.93. The molecule has 7 rings (SSSR count). The maximum absolute atomic E-state index is 14.3. The van der Waals surface area contributed by atoms with Gasteiger partial charge in [-0.3, -0.25) is 4.31 Å². The van der Waals surface area contributed by atoms with Gasteiger partial charge in [-0.15, -0.1) is 0 Å². The van der Waals surface area contributed by atoms with Gasteiger partial charge < -0.3 is 9.84 Å². The highest BCUT2D eigenvalue weighted by atomic mass is 32.2. The average molecular weight is 601 g/mol. The number of benzene rings is 4. The van der Waals surface area contributed by atoms with Gasteiger partial charge in [0.1, 0.15) is 6.10 Å². The summed E-state index contributed by atoms with van der Waals surface area (Å²) in [4.78, 5) is 0.246. The number of fused-ring (bicyclic) bond motifs is 4. The first-order chi connectivity index (χ1) is 20.1. The molecule has 8 nitrogen and oxygen atoms in total. The summed E-state index contributed by atoms with van der Waals surface area (Å²) in [5.74, 6) is -0.678. The number of anilines is 1. The SMILES string of the molecule is Cc1ccc(S(=O)(=O)N2c3ccccc3[C@@H]3[C@H]2[C@H](c2cn(S(=O)(=O)c4ccc(C)cc4)c4ccccc24)O[C@H]3O)cc1. The van der Waals surface area contributed by atoms with E-state index in [9.17, 15) is 21.9 Å². The Bertz CT molecular complexity index is 2050. The van der Waals surface area contributed by atoms with Gasteiger partial charge in [0.2, 0.25) is 0 Å². The standard InChI is InChI=1S/C32H28N2O6S2/c1-20-11-15-22(16-12-20)41(36,37)33-19-26(24-7-3-5-9-27(24)33)31-30-29(32(35)40-31)25-8-4-6-10-28(25)34(30)42(38,39)23-17-13-21(2)14-18-23/h3-19,29-32,35H,1-2H3/t29-,30+,31+,32-/m1/s1. The van der Waals surface area contributed by atoms with Crippen LogP contribution >= 0.6 is 0 Å². The predicted molar refractivity (Wildman–Crippen MR) is 159 cm³/mol. The summed E-state index contributed by atoms with van der Waals surface area (Å²) in [6, 6.07) is 26.5. The van der Waals surface area contributed by atoms with Gasteiger partial charge in [0.15, 0.2) is 6.29 Å². The van der Waals surface area contributed by atoms with Crippen molar-refractivity contribution in [3.63, 3.8) is 0 Å². The van der Waals surface area contributed by atoms with Crippen LogP contribution in [0.4, 0.5) is 5.69 Å². The molecule has 0 bridgehead atoms. The quantitative estimate of drug-likeness (QED) is 0.296. The third-order valence-corrected chi connectivity index (χ3v) is 11.8. The van der Waals surface area contributed by atoms with E-state index in [0.717, 1.165) is 11.1 Å². The lowest BCUT2D eigenvalue weighted by molar-refractivity contribution is -0.0984. The first-order valence-electron chi connectivity index (χ1n) is 13.5. The van der Waals surface area contributed by atoms with E-state index in [-0.39, 0.29) is 9.79 Å². The number of ether oxygens (including phenoxy) is 1. The molecule has 0 amide bonds. The zero-order valence-electron chi connectivity index (χ0n) is 22.8. The van der Waals surface area contributed by atoms with Crippen molar-refractivity contribution in [3.8, 4) is 0 Å². The van der Waals surface area contributed by atoms with Crippen LogP contribution in [-0.2, 0) is 24.8 Å². The minimum absolute atomic E-state index is 0.119. The molecular weight excluding hydrogens is 572 g/mol. The lowest BCUT2D eigenvalue weighted by Crippen LogP contribution is -2.41. The highest BCUT2D eigenvalue weighted by Gasteiger charge is 2.57. The Hall–Kier alpha value is -3.96. The molecule has 1 aromatic heterocycles. The molecule has 1 N–H and O–H groups in total. The van der Waals surface area contributed by atoms with Crippen molar-refractivity contribution in [2.45, 2.75) is 48.0 Å². The molecule has 5 aromatic rings. The van der Waals surface area contributed by atoms with Gasteiger partial charge in [0.05, 0.1) is 33.0 Å². The van der Waals surface area contributed by atoms with E-state index in [1.165, 1.54) is 14.5 Å². The zero-order valence-corrected chi connectivity index (χ0v) is 24.5. The molecule has 214 valence electrons. The Balaban J connectivity index is 1.42. The zero-order chi connectivity index (χ0) is 29.4. The lowest BCUT2D eigenvalue weighted by Gasteiger charge is -2.29. The van der Waals surface area contributed by atoms with Crippen molar-refractivity contribution in [1.29, 1.82) is 0 Å². The topological polar surface area (TPSA) is 106 Å². The fourth-order valence-electron chi connectivity index (χ4n) is 6.20. The largest absolute Gasteiger partial charge is 0.367 e. The molecule has 3 heterocycles. The Morgan fingerprint density at radius 2 is 1.26 bits per heavy atom. The maximum atomic E-state index is 14.3. The Kier molecular flexibility index (Phi) is 6.11. The van der Waals surface area contributed by atoms with E-state index < -0.39 is 44.4 Å². The summed E-state index contributed by atoms with van der Waals surface area (Å²) in [5, 5.41) is 11.8. The lowest BCUT2D eigenvalue weighted by atomic mass is 9.91. The Morgan fingerprint density at radius 3 is 1.93 bits per heavy atom. The number of aromatic nitrogens is 1. The van der Waals surface area contributed by atoms with Gasteiger partial charge in [0, 0.05) is 17.1 Å². The van der Waals surface area contributed by atoms with Crippen LogP contribution in [0.3, 0.4) is 0 Å². The number of rotatable bonds is 5. The molecule has 0 spiro atoms. The summed E-state index contributed by atoms with van der Waals surface area (Å²) in [6.45, 7) is 3.77. The van der Waals surface area contributed by atoms with Crippen LogP contribution in [0.15, 0.2) is 113 Å². The molecule has 2 aliphatic heterocycles. The van der Waals surface area contributed by atoms with Gasteiger partial charge in [-0.25, -0.2) is 20.8 Å². The molecule has 4 atom stereocenters. The molecule has 1 saturated heterocycles. The smallest absolute Gasteiger partial charge is 0.268 e. The number of sulfonamides is 1. The monoisotopic (exact) mass is 600 g/mol. The van der Waals surface area contributed by atoms with Gasteiger partial charge in [-0.05, 0) is 55.8 Å². The fourth-order valence-corrected chi connectivity index (χ4v) is 9.28. The van der Waals surface area contributed by atoms with E-state index >= 15 is 0 Å².